The highest BCUT2D eigenvalue weighted by Crippen LogP contribution is 2.43. The van der Waals surface area contributed by atoms with Crippen molar-refractivity contribution in [2.45, 2.75) is 31.3 Å². The molecule has 2 unspecified atom stereocenters. The van der Waals surface area contributed by atoms with Gasteiger partial charge in [-0.3, -0.25) is 0 Å². The maximum atomic E-state index is 6.49. The number of hydrogen-bond donors (Lipinski definition) is 3. The van der Waals surface area contributed by atoms with Crippen LogP contribution in [0.2, 0.25) is 0 Å². The number of nitrogens with two attached hydrogens (primary N) is 1. The third-order valence-corrected chi connectivity index (χ3v) is 4.59. The second-order valence-electron chi connectivity index (χ2n) is 6.38. The van der Waals surface area contributed by atoms with Gasteiger partial charge in [-0.25, -0.2) is 15.0 Å². The molecule has 0 saturated carbocycles. The van der Waals surface area contributed by atoms with Gasteiger partial charge in [0, 0.05) is 11.6 Å². The van der Waals surface area contributed by atoms with Gasteiger partial charge in [-0.1, -0.05) is 30.3 Å². The zero-order valence-corrected chi connectivity index (χ0v) is 13.5. The molecule has 4 N–H and O–H groups in total. The molecule has 1 aromatic carbocycles. The molecule has 1 aliphatic heterocycles. The molecule has 6 heteroatoms. The van der Waals surface area contributed by atoms with Crippen molar-refractivity contribution in [3.63, 3.8) is 0 Å². The van der Waals surface area contributed by atoms with Crippen LogP contribution >= 0.6 is 0 Å². The first-order chi connectivity index (χ1) is 11.6. The van der Waals surface area contributed by atoms with E-state index in [9.17, 15) is 0 Å². The highest BCUT2D eigenvalue weighted by molar-refractivity contribution is 5.96. The highest BCUT2D eigenvalue weighted by atomic mass is 15.3. The normalized spacial score (nSPS) is 25.8. The van der Waals surface area contributed by atoms with Gasteiger partial charge in [0.2, 0.25) is 5.96 Å². The topological polar surface area (TPSA) is 88.2 Å². The molecule has 4 rings (SSSR count). The van der Waals surface area contributed by atoms with E-state index in [2.05, 4.69) is 49.9 Å². The standard InChI is InChI=1S/C18H20N6/c1-18(19)15-8-7-14(12-5-3-2-4-6-12)16(15)23-17(24-18)22-13-9-20-11-21-10-13/h2-6,9-11,14H,7-8,19H2,1H3,(H2,22,23,24). The van der Waals surface area contributed by atoms with Crippen molar-refractivity contribution in [1.82, 2.24) is 15.3 Å². The van der Waals surface area contributed by atoms with Crippen molar-refractivity contribution in [2.24, 2.45) is 10.7 Å². The summed E-state index contributed by atoms with van der Waals surface area (Å²) in [6.45, 7) is 1.96. The first-order valence-corrected chi connectivity index (χ1v) is 8.10. The Hall–Kier alpha value is -2.73. The van der Waals surface area contributed by atoms with Crippen LogP contribution in [0.3, 0.4) is 0 Å². The first-order valence-electron chi connectivity index (χ1n) is 8.10. The fraction of sp³-hybridized carbons (Fsp3) is 0.278. The lowest BCUT2D eigenvalue weighted by Gasteiger charge is -2.31. The van der Waals surface area contributed by atoms with E-state index in [1.165, 1.54) is 23.2 Å². The summed E-state index contributed by atoms with van der Waals surface area (Å²) >= 11 is 0. The van der Waals surface area contributed by atoms with E-state index in [0.717, 1.165) is 18.5 Å². The predicted molar refractivity (Wildman–Crippen MR) is 94.3 cm³/mol. The number of allylic oxidation sites excluding steroid dienone is 1. The second-order valence-corrected chi connectivity index (χ2v) is 6.38. The number of benzene rings is 1. The van der Waals surface area contributed by atoms with E-state index < -0.39 is 5.66 Å². The van der Waals surface area contributed by atoms with Crippen LogP contribution in [0.4, 0.5) is 5.69 Å². The molecule has 1 aromatic heterocycles. The molecular formula is C18H20N6. The Balaban J connectivity index is 1.64. The Labute approximate surface area is 140 Å². The van der Waals surface area contributed by atoms with E-state index in [4.69, 9.17) is 5.73 Å². The van der Waals surface area contributed by atoms with Crippen LogP contribution in [0.15, 0.2) is 65.3 Å². The number of guanidine groups is 1. The maximum absolute atomic E-state index is 6.49. The van der Waals surface area contributed by atoms with Gasteiger partial charge in [-0.2, -0.15) is 0 Å². The number of nitrogens with one attached hydrogen (secondary N) is 2. The van der Waals surface area contributed by atoms with Gasteiger partial charge >= 0.3 is 0 Å². The van der Waals surface area contributed by atoms with Gasteiger partial charge in [0.15, 0.2) is 0 Å². The van der Waals surface area contributed by atoms with Crippen LogP contribution in [0, 0.1) is 0 Å². The van der Waals surface area contributed by atoms with Crippen LogP contribution in [-0.4, -0.2) is 21.6 Å². The zero-order chi connectivity index (χ0) is 16.6. The second kappa shape index (κ2) is 5.72. The number of anilines is 1. The van der Waals surface area contributed by atoms with Gasteiger partial charge in [0.1, 0.15) is 12.0 Å². The summed E-state index contributed by atoms with van der Waals surface area (Å²) in [4.78, 5) is 12.7. The molecular weight excluding hydrogens is 300 g/mol. The smallest absolute Gasteiger partial charge is 0.202 e. The zero-order valence-electron chi connectivity index (χ0n) is 13.5. The van der Waals surface area contributed by atoms with Gasteiger partial charge in [0.25, 0.3) is 0 Å². The van der Waals surface area contributed by atoms with Crippen LogP contribution in [0.5, 0.6) is 0 Å². The molecule has 2 aromatic rings. The van der Waals surface area contributed by atoms with Crippen molar-refractivity contribution >= 4 is 11.6 Å². The summed E-state index contributed by atoms with van der Waals surface area (Å²) in [6, 6.07) is 10.5. The average Bonchev–Trinajstić information content (AvgIpc) is 3.01. The summed E-state index contributed by atoms with van der Waals surface area (Å²) in [5.74, 6) is 0.958. The SMILES string of the molecule is CC1(N)N=C(Nc2cncnc2)NC2=C1CCC2c1ccccc1. The van der Waals surface area contributed by atoms with E-state index in [-0.39, 0.29) is 0 Å². The van der Waals surface area contributed by atoms with Crippen LogP contribution < -0.4 is 16.4 Å². The first kappa shape index (κ1) is 14.8. The van der Waals surface area contributed by atoms with E-state index in [1.54, 1.807) is 12.4 Å². The van der Waals surface area contributed by atoms with E-state index >= 15 is 0 Å². The molecule has 2 heterocycles. The molecule has 2 aliphatic rings. The number of aliphatic imine (C=N–C) groups is 1. The Morgan fingerprint density at radius 2 is 1.96 bits per heavy atom. The van der Waals surface area contributed by atoms with Crippen molar-refractivity contribution in [3.8, 4) is 0 Å². The molecule has 0 saturated heterocycles. The summed E-state index contributed by atoms with van der Waals surface area (Å²) < 4.78 is 0. The van der Waals surface area contributed by atoms with Gasteiger partial charge < -0.3 is 16.4 Å². The highest BCUT2D eigenvalue weighted by Gasteiger charge is 2.39. The Morgan fingerprint density at radius 3 is 2.71 bits per heavy atom. The lowest BCUT2D eigenvalue weighted by molar-refractivity contribution is 0.548. The quantitative estimate of drug-likeness (QED) is 0.790. The lowest BCUT2D eigenvalue weighted by atomic mass is 9.95. The van der Waals surface area contributed by atoms with Crippen LogP contribution in [0.25, 0.3) is 0 Å². The van der Waals surface area contributed by atoms with Crippen LogP contribution in [-0.2, 0) is 0 Å². The molecule has 122 valence electrons. The summed E-state index contributed by atoms with van der Waals surface area (Å²) in [5, 5.41) is 6.67. The molecule has 1 aliphatic carbocycles. The van der Waals surface area contributed by atoms with Gasteiger partial charge in [0.05, 0.1) is 18.1 Å². The minimum absolute atomic E-state index is 0.323. The third kappa shape index (κ3) is 2.65. The minimum Gasteiger partial charge on any atom is -0.329 e. The van der Waals surface area contributed by atoms with Gasteiger partial charge in [-0.05, 0) is 30.9 Å². The largest absolute Gasteiger partial charge is 0.329 e. The van der Waals surface area contributed by atoms with Crippen LogP contribution in [0.1, 0.15) is 31.2 Å². The monoisotopic (exact) mass is 320 g/mol. The summed E-state index contributed by atoms with van der Waals surface area (Å²) in [7, 11) is 0. The van der Waals surface area contributed by atoms with Crippen molar-refractivity contribution in [2.75, 3.05) is 5.32 Å². The summed E-state index contributed by atoms with van der Waals surface area (Å²) in [6.07, 6.45) is 6.92. The fourth-order valence-electron chi connectivity index (χ4n) is 3.50. The number of rotatable bonds is 2. The Kier molecular flexibility index (Phi) is 3.54. The maximum Gasteiger partial charge on any atom is 0.202 e. The Bertz CT molecular complexity index is 795. The predicted octanol–water partition coefficient (Wildman–Crippen LogP) is 2.35. The molecule has 6 nitrogen and oxygen atoms in total. The van der Waals surface area contributed by atoms with Crippen molar-refractivity contribution < 1.29 is 0 Å². The minimum atomic E-state index is -0.706. The molecule has 24 heavy (non-hydrogen) atoms. The number of aromatic nitrogens is 2. The molecule has 0 spiro atoms. The summed E-state index contributed by atoms with van der Waals surface area (Å²) in [5.41, 5.74) is 10.2. The average molecular weight is 320 g/mol. The van der Waals surface area contributed by atoms with E-state index in [0.29, 0.717) is 11.9 Å². The van der Waals surface area contributed by atoms with Gasteiger partial charge in [-0.15, -0.1) is 0 Å². The Morgan fingerprint density at radius 1 is 1.21 bits per heavy atom. The molecule has 0 radical (unpaired) electrons. The number of hydrogen-bond acceptors (Lipinski definition) is 6. The third-order valence-electron chi connectivity index (χ3n) is 4.59. The molecule has 2 atom stereocenters. The van der Waals surface area contributed by atoms with Crippen molar-refractivity contribution in [3.05, 3.63) is 65.9 Å². The molecule has 0 fully saturated rings. The fourth-order valence-corrected chi connectivity index (χ4v) is 3.50. The number of nitrogens with zero attached hydrogens (tertiary/aromatic N) is 3. The van der Waals surface area contributed by atoms with E-state index in [1.807, 2.05) is 13.0 Å². The molecule has 0 bridgehead atoms. The van der Waals surface area contributed by atoms with Crippen molar-refractivity contribution in [1.29, 1.82) is 0 Å². The molecule has 0 amide bonds. The lowest BCUT2D eigenvalue weighted by Crippen LogP contribution is -2.47.